The Balaban J connectivity index is 2.27. The van der Waals surface area contributed by atoms with Crippen LogP contribution in [0.25, 0.3) is 10.8 Å². The lowest BCUT2D eigenvalue weighted by molar-refractivity contribution is 0.0692. The second kappa shape index (κ2) is 7.09. The van der Waals surface area contributed by atoms with Crippen LogP contribution in [0.3, 0.4) is 0 Å². The van der Waals surface area contributed by atoms with E-state index in [1.165, 1.54) is 0 Å². The number of hydrogen-bond donors (Lipinski definition) is 1. The normalized spacial score (nSPS) is 11.0. The molecule has 0 atom stereocenters. The van der Waals surface area contributed by atoms with Crippen LogP contribution in [0.5, 0.6) is 5.75 Å². The van der Waals surface area contributed by atoms with Crippen molar-refractivity contribution in [2.24, 2.45) is 0 Å². The largest absolute Gasteiger partial charge is 0.491 e. The van der Waals surface area contributed by atoms with E-state index in [0.717, 1.165) is 30.4 Å². The van der Waals surface area contributed by atoms with Crippen LogP contribution in [-0.4, -0.2) is 42.2 Å². The van der Waals surface area contributed by atoms with Gasteiger partial charge in [-0.2, -0.15) is 0 Å². The van der Waals surface area contributed by atoms with Gasteiger partial charge in [0.2, 0.25) is 0 Å². The first-order valence-corrected chi connectivity index (χ1v) is 7.27. The fraction of sp³-hybridized carbons (Fsp3) is 0.353. The molecule has 0 amide bonds. The number of carboxylic acid groups (broad SMARTS) is 1. The molecule has 0 unspecified atom stereocenters. The summed E-state index contributed by atoms with van der Waals surface area (Å²) in [4.78, 5) is 13.6. The Morgan fingerprint density at radius 2 is 1.86 bits per heavy atom. The number of benzene rings is 2. The van der Waals surface area contributed by atoms with Crippen LogP contribution in [0, 0.1) is 0 Å². The molecule has 0 saturated heterocycles. The van der Waals surface area contributed by atoms with Crippen LogP contribution in [-0.2, 0) is 0 Å². The Hall–Kier alpha value is -2.07. The number of rotatable bonds is 7. The minimum atomic E-state index is -0.960. The van der Waals surface area contributed by atoms with Crippen LogP contribution < -0.4 is 4.74 Å². The van der Waals surface area contributed by atoms with Crippen molar-refractivity contribution in [1.29, 1.82) is 0 Å². The lowest BCUT2D eigenvalue weighted by Crippen LogP contribution is -2.28. The second-order valence-electron chi connectivity index (χ2n) is 4.84. The van der Waals surface area contributed by atoms with Gasteiger partial charge in [-0.1, -0.05) is 44.2 Å². The lowest BCUT2D eigenvalue weighted by atomic mass is 10.1. The smallest absolute Gasteiger partial charge is 0.339 e. The summed E-state index contributed by atoms with van der Waals surface area (Å²) in [6.45, 7) is 7.39. The fourth-order valence-corrected chi connectivity index (χ4v) is 2.38. The highest BCUT2D eigenvalue weighted by Crippen LogP contribution is 2.30. The summed E-state index contributed by atoms with van der Waals surface area (Å²) in [5.74, 6) is -0.494. The van der Waals surface area contributed by atoms with E-state index in [-0.39, 0.29) is 5.56 Å². The number of hydrogen-bond acceptors (Lipinski definition) is 3. The fourth-order valence-electron chi connectivity index (χ4n) is 2.38. The number of ether oxygens (including phenoxy) is 1. The summed E-state index contributed by atoms with van der Waals surface area (Å²) in [6, 6.07) is 11.1. The first-order chi connectivity index (χ1) is 10.2. The van der Waals surface area contributed by atoms with Gasteiger partial charge >= 0.3 is 5.97 Å². The average Bonchev–Trinajstić information content (AvgIpc) is 2.51. The van der Waals surface area contributed by atoms with Gasteiger partial charge in [-0.3, -0.25) is 0 Å². The minimum Gasteiger partial charge on any atom is -0.491 e. The molecule has 2 aromatic carbocycles. The quantitative estimate of drug-likeness (QED) is 0.849. The highest BCUT2D eigenvalue weighted by Gasteiger charge is 2.14. The topological polar surface area (TPSA) is 49.8 Å². The molecule has 0 radical (unpaired) electrons. The van der Waals surface area contributed by atoms with Crippen molar-refractivity contribution in [3.63, 3.8) is 0 Å². The molecule has 0 aliphatic rings. The van der Waals surface area contributed by atoms with Crippen molar-refractivity contribution in [3.05, 3.63) is 42.0 Å². The van der Waals surface area contributed by atoms with Gasteiger partial charge in [0.15, 0.2) is 0 Å². The summed E-state index contributed by atoms with van der Waals surface area (Å²) < 4.78 is 5.82. The summed E-state index contributed by atoms with van der Waals surface area (Å²) in [5, 5.41) is 11.2. The Morgan fingerprint density at radius 1 is 1.14 bits per heavy atom. The maximum Gasteiger partial charge on any atom is 0.339 e. The lowest BCUT2D eigenvalue weighted by Gasteiger charge is -2.19. The van der Waals surface area contributed by atoms with Crippen molar-refractivity contribution in [2.75, 3.05) is 26.2 Å². The van der Waals surface area contributed by atoms with E-state index in [9.17, 15) is 9.90 Å². The highest BCUT2D eigenvalue weighted by atomic mass is 16.5. The standard InChI is InChI=1S/C17H21NO3/c1-3-18(4-2)11-12-21-16-14-8-6-5-7-13(14)9-10-15(16)17(19)20/h5-10H,3-4,11-12H2,1-2H3,(H,19,20). The van der Waals surface area contributed by atoms with Crippen LogP contribution >= 0.6 is 0 Å². The van der Waals surface area contributed by atoms with Crippen molar-refractivity contribution < 1.29 is 14.6 Å². The van der Waals surface area contributed by atoms with Crippen molar-refractivity contribution in [2.45, 2.75) is 13.8 Å². The van der Waals surface area contributed by atoms with Gasteiger partial charge in [-0.15, -0.1) is 0 Å². The Labute approximate surface area is 124 Å². The molecule has 4 heteroatoms. The van der Waals surface area contributed by atoms with Gasteiger partial charge in [0.25, 0.3) is 0 Å². The zero-order valence-electron chi connectivity index (χ0n) is 12.5. The number of aromatic carboxylic acids is 1. The first-order valence-electron chi connectivity index (χ1n) is 7.27. The van der Waals surface area contributed by atoms with Crippen molar-refractivity contribution >= 4 is 16.7 Å². The minimum absolute atomic E-state index is 0.216. The molecule has 0 fully saturated rings. The van der Waals surface area contributed by atoms with Crippen molar-refractivity contribution in [3.8, 4) is 5.75 Å². The molecule has 0 saturated carbocycles. The molecule has 0 aliphatic carbocycles. The molecule has 2 aromatic rings. The monoisotopic (exact) mass is 287 g/mol. The van der Waals surface area contributed by atoms with Crippen molar-refractivity contribution in [1.82, 2.24) is 4.90 Å². The number of carbonyl (C=O) groups is 1. The summed E-state index contributed by atoms with van der Waals surface area (Å²) in [6.07, 6.45) is 0. The van der Waals surface area contributed by atoms with E-state index < -0.39 is 5.97 Å². The van der Waals surface area contributed by atoms with Crippen LogP contribution in [0.1, 0.15) is 24.2 Å². The summed E-state index contributed by atoms with van der Waals surface area (Å²) in [7, 11) is 0. The molecule has 112 valence electrons. The third-order valence-electron chi connectivity index (χ3n) is 3.66. The second-order valence-corrected chi connectivity index (χ2v) is 4.84. The SMILES string of the molecule is CCN(CC)CCOc1c(C(=O)O)ccc2ccccc12. The number of carboxylic acids is 1. The van der Waals surface area contributed by atoms with Crippen LogP contribution in [0.15, 0.2) is 36.4 Å². The van der Waals surface area contributed by atoms with E-state index in [4.69, 9.17) is 4.74 Å². The number of fused-ring (bicyclic) bond motifs is 1. The van der Waals surface area contributed by atoms with Crippen LogP contribution in [0.4, 0.5) is 0 Å². The average molecular weight is 287 g/mol. The van der Waals surface area contributed by atoms with Gasteiger partial charge < -0.3 is 14.7 Å². The Morgan fingerprint density at radius 3 is 2.52 bits per heavy atom. The summed E-state index contributed by atoms with van der Waals surface area (Å²) in [5.41, 5.74) is 0.216. The molecule has 0 aliphatic heterocycles. The molecule has 0 bridgehead atoms. The molecule has 0 heterocycles. The zero-order valence-corrected chi connectivity index (χ0v) is 12.5. The van der Waals surface area contributed by atoms with E-state index in [1.807, 2.05) is 30.3 Å². The Bertz CT molecular complexity index is 620. The molecular formula is C17H21NO3. The van der Waals surface area contributed by atoms with Gasteiger partial charge in [0.1, 0.15) is 17.9 Å². The molecule has 0 aromatic heterocycles. The van der Waals surface area contributed by atoms with Gasteiger partial charge in [0, 0.05) is 11.9 Å². The third kappa shape index (κ3) is 3.52. The van der Waals surface area contributed by atoms with E-state index in [1.54, 1.807) is 6.07 Å². The van der Waals surface area contributed by atoms with Gasteiger partial charge in [0.05, 0.1) is 0 Å². The molecule has 21 heavy (non-hydrogen) atoms. The highest BCUT2D eigenvalue weighted by molar-refractivity contribution is 6.00. The molecule has 4 nitrogen and oxygen atoms in total. The van der Waals surface area contributed by atoms with E-state index >= 15 is 0 Å². The molecule has 2 rings (SSSR count). The molecule has 1 N–H and O–H groups in total. The Kier molecular flexibility index (Phi) is 5.17. The third-order valence-corrected chi connectivity index (χ3v) is 3.66. The molecule has 0 spiro atoms. The number of likely N-dealkylation sites (N-methyl/N-ethyl adjacent to an activating group) is 1. The maximum atomic E-state index is 11.4. The van der Waals surface area contributed by atoms with Gasteiger partial charge in [-0.05, 0) is 24.5 Å². The van der Waals surface area contributed by atoms with E-state index in [0.29, 0.717) is 12.4 Å². The van der Waals surface area contributed by atoms with Crippen LogP contribution in [0.2, 0.25) is 0 Å². The van der Waals surface area contributed by atoms with Gasteiger partial charge in [-0.25, -0.2) is 4.79 Å². The van der Waals surface area contributed by atoms with E-state index in [2.05, 4.69) is 18.7 Å². The number of nitrogens with zero attached hydrogens (tertiary/aromatic N) is 1. The first kappa shape index (κ1) is 15.3. The predicted octanol–water partition coefficient (Wildman–Crippen LogP) is 3.26. The molecular weight excluding hydrogens is 266 g/mol. The summed E-state index contributed by atoms with van der Waals surface area (Å²) >= 11 is 0. The predicted molar refractivity (Wildman–Crippen MR) is 84.2 cm³/mol. The zero-order chi connectivity index (χ0) is 15.2. The maximum absolute atomic E-state index is 11.4.